The number of halogens is 1. The summed E-state index contributed by atoms with van der Waals surface area (Å²) in [6, 6.07) is 0. The third kappa shape index (κ3) is 8.65. The molecule has 0 unspecified atom stereocenters. The lowest BCUT2D eigenvalue weighted by Gasteiger charge is -2.11. The standard InChI is InChI=1S/C6H13IO2/c1-2-3-4-5-6(7,8)9/h8-9H,2-5H2,1H3. The van der Waals surface area contributed by atoms with E-state index >= 15 is 0 Å². The van der Waals surface area contributed by atoms with E-state index < -0.39 is 3.79 Å². The van der Waals surface area contributed by atoms with Crippen LogP contribution in [0.2, 0.25) is 0 Å². The zero-order chi connectivity index (χ0) is 7.33. The molecule has 0 saturated heterocycles. The van der Waals surface area contributed by atoms with Crippen LogP contribution >= 0.6 is 22.6 Å². The molecule has 56 valence electrons. The molecule has 3 heteroatoms. The molecule has 0 aliphatic rings. The Bertz CT molecular complexity index is 67.9. The molecule has 0 aromatic rings. The molecule has 2 N–H and O–H groups in total. The van der Waals surface area contributed by atoms with Crippen molar-refractivity contribution in [2.75, 3.05) is 0 Å². The van der Waals surface area contributed by atoms with Gasteiger partial charge >= 0.3 is 0 Å². The van der Waals surface area contributed by atoms with E-state index in [2.05, 4.69) is 6.92 Å². The van der Waals surface area contributed by atoms with Gasteiger partial charge in [-0.2, -0.15) is 0 Å². The number of rotatable bonds is 4. The maximum atomic E-state index is 8.79. The molecule has 0 atom stereocenters. The summed E-state index contributed by atoms with van der Waals surface area (Å²) >= 11 is 1.63. The Morgan fingerprint density at radius 2 is 1.89 bits per heavy atom. The van der Waals surface area contributed by atoms with E-state index in [0.717, 1.165) is 19.3 Å². The second-order valence-electron chi connectivity index (χ2n) is 2.18. The molecule has 0 radical (unpaired) electrons. The Hall–Kier alpha value is 0.650. The summed E-state index contributed by atoms with van der Waals surface area (Å²) in [4.78, 5) is 0. The van der Waals surface area contributed by atoms with Gasteiger partial charge in [0.25, 0.3) is 0 Å². The molecular weight excluding hydrogens is 231 g/mol. The minimum Gasteiger partial charge on any atom is -0.358 e. The van der Waals surface area contributed by atoms with Crippen LogP contribution in [0, 0.1) is 0 Å². The molecule has 9 heavy (non-hydrogen) atoms. The fourth-order valence-electron chi connectivity index (χ4n) is 0.600. The van der Waals surface area contributed by atoms with E-state index in [-0.39, 0.29) is 0 Å². The Morgan fingerprint density at radius 3 is 2.22 bits per heavy atom. The minimum atomic E-state index is -1.48. The molecule has 0 aliphatic heterocycles. The lowest BCUT2D eigenvalue weighted by atomic mass is 10.2. The summed E-state index contributed by atoms with van der Waals surface area (Å²) < 4.78 is -1.48. The quantitative estimate of drug-likeness (QED) is 0.341. The highest BCUT2D eigenvalue weighted by atomic mass is 127. The lowest BCUT2D eigenvalue weighted by molar-refractivity contribution is -0.0647. The Kier molecular flexibility index (Phi) is 4.79. The van der Waals surface area contributed by atoms with Crippen molar-refractivity contribution in [2.45, 2.75) is 36.4 Å². The number of aliphatic hydroxyl groups is 2. The van der Waals surface area contributed by atoms with Gasteiger partial charge in [0.15, 0.2) is 0 Å². The van der Waals surface area contributed by atoms with Crippen molar-refractivity contribution in [2.24, 2.45) is 0 Å². The highest BCUT2D eigenvalue weighted by Gasteiger charge is 2.15. The van der Waals surface area contributed by atoms with Crippen LogP contribution in [0.5, 0.6) is 0 Å². The van der Waals surface area contributed by atoms with Gasteiger partial charge in [-0.25, -0.2) is 0 Å². The van der Waals surface area contributed by atoms with E-state index in [4.69, 9.17) is 10.2 Å². The maximum absolute atomic E-state index is 8.79. The van der Waals surface area contributed by atoms with Crippen LogP contribution < -0.4 is 0 Å². The fourth-order valence-corrected chi connectivity index (χ4v) is 0.981. The van der Waals surface area contributed by atoms with Crippen molar-refractivity contribution in [1.29, 1.82) is 0 Å². The Morgan fingerprint density at radius 1 is 1.33 bits per heavy atom. The minimum absolute atomic E-state index is 0.474. The predicted octanol–water partition coefficient (Wildman–Crippen LogP) is 1.64. The molecular formula is C6H13IO2. The monoisotopic (exact) mass is 244 g/mol. The first-order chi connectivity index (χ1) is 4.06. The topological polar surface area (TPSA) is 40.5 Å². The Balaban J connectivity index is 3.07. The first-order valence-electron chi connectivity index (χ1n) is 3.20. The summed E-state index contributed by atoms with van der Waals surface area (Å²) in [7, 11) is 0. The highest BCUT2D eigenvalue weighted by Crippen LogP contribution is 2.18. The van der Waals surface area contributed by atoms with Gasteiger partial charge in [0.05, 0.1) is 0 Å². The van der Waals surface area contributed by atoms with Crippen LogP contribution in [0.3, 0.4) is 0 Å². The van der Waals surface area contributed by atoms with Crippen LogP contribution in [-0.2, 0) is 0 Å². The van der Waals surface area contributed by atoms with Gasteiger partial charge in [-0.1, -0.05) is 19.8 Å². The summed E-state index contributed by atoms with van der Waals surface area (Å²) in [5, 5.41) is 17.6. The van der Waals surface area contributed by atoms with Crippen molar-refractivity contribution in [3.05, 3.63) is 0 Å². The van der Waals surface area contributed by atoms with E-state index in [9.17, 15) is 0 Å². The number of unbranched alkanes of at least 4 members (excludes halogenated alkanes) is 2. The average molecular weight is 244 g/mol. The first kappa shape index (κ1) is 9.65. The van der Waals surface area contributed by atoms with Gasteiger partial charge in [0.2, 0.25) is 3.79 Å². The second kappa shape index (κ2) is 4.46. The number of hydrogen-bond acceptors (Lipinski definition) is 2. The van der Waals surface area contributed by atoms with Crippen LogP contribution in [0.1, 0.15) is 32.6 Å². The molecule has 0 aromatic carbocycles. The predicted molar refractivity (Wildman–Crippen MR) is 45.3 cm³/mol. The van der Waals surface area contributed by atoms with Crippen molar-refractivity contribution < 1.29 is 10.2 Å². The van der Waals surface area contributed by atoms with E-state index in [0.29, 0.717) is 6.42 Å². The van der Waals surface area contributed by atoms with Gasteiger partial charge in [-0.3, -0.25) is 0 Å². The van der Waals surface area contributed by atoms with Crippen molar-refractivity contribution >= 4 is 22.6 Å². The van der Waals surface area contributed by atoms with Gasteiger partial charge in [0.1, 0.15) is 0 Å². The fraction of sp³-hybridized carbons (Fsp3) is 1.00. The third-order valence-electron chi connectivity index (χ3n) is 1.10. The first-order valence-corrected chi connectivity index (χ1v) is 4.28. The second-order valence-corrected chi connectivity index (χ2v) is 3.90. The SMILES string of the molecule is CCCCCC(O)(O)I. The molecule has 0 fully saturated rings. The lowest BCUT2D eigenvalue weighted by Crippen LogP contribution is -2.17. The summed E-state index contributed by atoms with van der Waals surface area (Å²) in [6.45, 7) is 2.09. The molecule has 0 spiro atoms. The Labute approximate surface area is 69.4 Å². The normalized spacial score (nSPS) is 12.0. The molecule has 0 aromatic heterocycles. The summed E-state index contributed by atoms with van der Waals surface area (Å²) in [5.74, 6) is 0. The van der Waals surface area contributed by atoms with Gasteiger partial charge in [-0.15, -0.1) is 0 Å². The van der Waals surface area contributed by atoms with Gasteiger partial charge in [0, 0.05) is 6.42 Å². The average Bonchev–Trinajstić information content (AvgIpc) is 1.63. The van der Waals surface area contributed by atoms with Gasteiger partial charge in [-0.05, 0) is 29.0 Å². The molecule has 0 bridgehead atoms. The zero-order valence-electron chi connectivity index (χ0n) is 5.60. The maximum Gasteiger partial charge on any atom is 0.216 e. The molecule has 0 heterocycles. The van der Waals surface area contributed by atoms with Gasteiger partial charge < -0.3 is 10.2 Å². The molecule has 2 nitrogen and oxygen atoms in total. The van der Waals surface area contributed by atoms with Crippen LogP contribution in [0.25, 0.3) is 0 Å². The van der Waals surface area contributed by atoms with Crippen molar-refractivity contribution in [3.63, 3.8) is 0 Å². The largest absolute Gasteiger partial charge is 0.358 e. The van der Waals surface area contributed by atoms with E-state index in [1.54, 1.807) is 22.6 Å². The smallest absolute Gasteiger partial charge is 0.216 e. The molecule has 0 saturated carbocycles. The number of hydrogen-bond donors (Lipinski definition) is 2. The van der Waals surface area contributed by atoms with E-state index in [1.807, 2.05) is 0 Å². The summed E-state index contributed by atoms with van der Waals surface area (Å²) in [6.07, 6.45) is 3.56. The van der Waals surface area contributed by atoms with E-state index in [1.165, 1.54) is 0 Å². The van der Waals surface area contributed by atoms with Crippen LogP contribution in [-0.4, -0.2) is 14.0 Å². The zero-order valence-corrected chi connectivity index (χ0v) is 7.76. The van der Waals surface area contributed by atoms with Crippen molar-refractivity contribution in [1.82, 2.24) is 0 Å². The van der Waals surface area contributed by atoms with Crippen LogP contribution in [0.15, 0.2) is 0 Å². The molecule has 0 rings (SSSR count). The van der Waals surface area contributed by atoms with Crippen LogP contribution in [0.4, 0.5) is 0 Å². The molecule has 0 aliphatic carbocycles. The highest BCUT2D eigenvalue weighted by molar-refractivity contribution is 14.1. The third-order valence-corrected chi connectivity index (χ3v) is 1.64. The van der Waals surface area contributed by atoms with Crippen molar-refractivity contribution in [3.8, 4) is 0 Å². The summed E-state index contributed by atoms with van der Waals surface area (Å²) in [5.41, 5.74) is 0. The number of alkyl halides is 1. The molecule has 0 amide bonds.